The Morgan fingerprint density at radius 1 is 1.09 bits per heavy atom. The first-order valence-corrected chi connectivity index (χ1v) is 8.54. The lowest BCUT2D eigenvalue weighted by Crippen LogP contribution is -2.26. The van der Waals surface area contributed by atoms with Crippen molar-refractivity contribution in [3.8, 4) is 0 Å². The van der Waals surface area contributed by atoms with Gasteiger partial charge in [-0.1, -0.05) is 13.8 Å². The second-order valence-electron chi connectivity index (χ2n) is 4.83. The number of methoxy groups -OCH3 is 1. The Labute approximate surface area is 130 Å². The maximum Gasteiger partial charge on any atom is 0.309 e. The fourth-order valence-electron chi connectivity index (χ4n) is 1.68. The average Bonchev–Trinajstić information content (AvgIpc) is 2.42. The molecule has 0 amide bonds. The van der Waals surface area contributed by atoms with Gasteiger partial charge in [0.05, 0.1) is 34.3 Å². The smallest absolute Gasteiger partial charge is 0.309 e. The van der Waals surface area contributed by atoms with Gasteiger partial charge in [-0.2, -0.15) is 0 Å². The fourth-order valence-corrected chi connectivity index (χ4v) is 1.97. The largest absolute Gasteiger partial charge is 0.748 e. The van der Waals surface area contributed by atoms with E-state index in [1.165, 1.54) is 7.11 Å². The molecule has 0 rings (SSSR count). The van der Waals surface area contributed by atoms with Crippen LogP contribution in [0, 0.1) is 11.8 Å². The van der Waals surface area contributed by atoms with Gasteiger partial charge in [-0.05, 0) is 12.8 Å². The van der Waals surface area contributed by atoms with Crippen molar-refractivity contribution in [2.75, 3.05) is 32.7 Å². The number of carbonyl (C=O) groups excluding carboxylic acids is 2. The Bertz CT molecular complexity index is 445. The summed E-state index contributed by atoms with van der Waals surface area (Å²) in [6.45, 7) is 3.32. The summed E-state index contributed by atoms with van der Waals surface area (Å²) in [7, 11) is -2.92. The summed E-state index contributed by atoms with van der Waals surface area (Å²) in [5.41, 5.74) is 0. The van der Waals surface area contributed by atoms with E-state index >= 15 is 0 Å². The third kappa shape index (κ3) is 9.69. The molecule has 0 aromatic carbocycles. The molecule has 0 aliphatic rings. The lowest BCUT2D eigenvalue weighted by atomic mass is 9.94. The van der Waals surface area contributed by atoms with Crippen LogP contribution < -0.4 is 0 Å². The minimum atomic E-state index is -4.41. The number of hydrogen-bond donors (Lipinski definition) is 0. The number of esters is 2. The maximum absolute atomic E-state index is 11.8. The van der Waals surface area contributed by atoms with Crippen LogP contribution in [-0.4, -0.2) is 57.6 Å². The average molecular weight is 339 g/mol. The first-order valence-electron chi connectivity index (χ1n) is 6.97. The van der Waals surface area contributed by atoms with Crippen molar-refractivity contribution in [3.63, 3.8) is 0 Å². The highest BCUT2D eigenvalue weighted by Crippen LogP contribution is 2.18. The Hall–Kier alpha value is -1.19. The van der Waals surface area contributed by atoms with E-state index < -0.39 is 46.3 Å². The predicted octanol–water partition coefficient (Wildman–Crippen LogP) is 0.317. The zero-order chi connectivity index (χ0) is 17.2. The molecule has 0 spiro atoms. The summed E-state index contributed by atoms with van der Waals surface area (Å²) in [6, 6.07) is 0. The Kier molecular flexibility index (Phi) is 9.95. The number of hydrogen-bond acceptors (Lipinski definition) is 8. The van der Waals surface area contributed by atoms with Crippen LogP contribution in [0.25, 0.3) is 0 Å². The van der Waals surface area contributed by atoms with Crippen LogP contribution in [0.4, 0.5) is 0 Å². The molecule has 0 aromatic heterocycles. The van der Waals surface area contributed by atoms with Gasteiger partial charge in [-0.25, -0.2) is 8.42 Å². The van der Waals surface area contributed by atoms with Crippen LogP contribution >= 0.6 is 0 Å². The number of carbonyl (C=O) groups is 2. The molecule has 0 aliphatic carbocycles. The molecular formula is C13H23O8S-. The molecule has 9 heteroatoms. The number of rotatable bonds is 11. The van der Waals surface area contributed by atoms with Crippen LogP contribution in [0.3, 0.4) is 0 Å². The van der Waals surface area contributed by atoms with Crippen LogP contribution in [-0.2, 0) is 33.9 Å². The lowest BCUT2D eigenvalue weighted by Gasteiger charge is -2.18. The van der Waals surface area contributed by atoms with Crippen molar-refractivity contribution in [2.45, 2.75) is 26.7 Å². The van der Waals surface area contributed by atoms with Gasteiger partial charge in [0, 0.05) is 7.11 Å². The highest BCUT2D eigenvalue weighted by molar-refractivity contribution is 7.85. The van der Waals surface area contributed by atoms with Gasteiger partial charge in [-0.3, -0.25) is 9.59 Å². The molecule has 0 fully saturated rings. The van der Waals surface area contributed by atoms with Gasteiger partial charge < -0.3 is 18.8 Å². The molecule has 0 heterocycles. The molecule has 0 radical (unpaired) electrons. The van der Waals surface area contributed by atoms with Gasteiger partial charge in [-0.15, -0.1) is 0 Å². The van der Waals surface area contributed by atoms with E-state index in [2.05, 4.69) is 0 Å². The minimum absolute atomic E-state index is 0.145. The first-order chi connectivity index (χ1) is 10.2. The SMILES string of the molecule is CCC(CC(C)C(=O)OCCS(=O)(=O)[O-])C(=O)OCCOC. The molecule has 2 unspecified atom stereocenters. The monoisotopic (exact) mass is 339 g/mol. The summed E-state index contributed by atoms with van der Waals surface area (Å²) in [4.78, 5) is 23.5. The quantitative estimate of drug-likeness (QED) is 0.300. The second kappa shape index (κ2) is 10.5. The van der Waals surface area contributed by atoms with Crippen LogP contribution in [0.1, 0.15) is 26.7 Å². The molecule has 0 aliphatic heterocycles. The van der Waals surface area contributed by atoms with Gasteiger partial charge in [0.2, 0.25) is 0 Å². The predicted molar refractivity (Wildman–Crippen MR) is 75.9 cm³/mol. The summed E-state index contributed by atoms with van der Waals surface area (Å²) < 4.78 is 45.7. The van der Waals surface area contributed by atoms with E-state index in [0.29, 0.717) is 13.0 Å². The van der Waals surface area contributed by atoms with Crippen molar-refractivity contribution >= 4 is 22.1 Å². The molecule has 0 N–H and O–H groups in total. The van der Waals surface area contributed by atoms with E-state index in [-0.39, 0.29) is 13.0 Å². The summed E-state index contributed by atoms with van der Waals surface area (Å²) in [5.74, 6) is -2.88. The highest BCUT2D eigenvalue weighted by Gasteiger charge is 2.25. The van der Waals surface area contributed by atoms with Gasteiger partial charge in [0.1, 0.15) is 13.2 Å². The Morgan fingerprint density at radius 2 is 1.68 bits per heavy atom. The van der Waals surface area contributed by atoms with Crippen LogP contribution in [0.2, 0.25) is 0 Å². The molecule has 0 aromatic rings. The van der Waals surface area contributed by atoms with E-state index in [4.69, 9.17) is 14.2 Å². The van der Waals surface area contributed by atoms with Crippen LogP contribution in [0.5, 0.6) is 0 Å². The van der Waals surface area contributed by atoms with Crippen LogP contribution in [0.15, 0.2) is 0 Å². The van der Waals surface area contributed by atoms with E-state index in [1.807, 2.05) is 0 Å². The molecular weight excluding hydrogens is 316 g/mol. The lowest BCUT2D eigenvalue weighted by molar-refractivity contribution is -0.153. The Balaban J connectivity index is 4.25. The normalized spacial score (nSPS) is 14.2. The molecule has 130 valence electrons. The molecule has 0 bridgehead atoms. The molecule has 2 atom stereocenters. The summed E-state index contributed by atoms with van der Waals surface area (Å²) in [6.07, 6.45) is 0.726. The fraction of sp³-hybridized carbons (Fsp3) is 0.846. The van der Waals surface area contributed by atoms with E-state index in [1.54, 1.807) is 13.8 Å². The van der Waals surface area contributed by atoms with E-state index in [0.717, 1.165) is 0 Å². The third-order valence-corrected chi connectivity index (χ3v) is 3.64. The second-order valence-corrected chi connectivity index (χ2v) is 6.36. The third-order valence-electron chi connectivity index (χ3n) is 2.98. The zero-order valence-corrected chi connectivity index (χ0v) is 13.9. The first kappa shape index (κ1) is 20.8. The topological polar surface area (TPSA) is 119 Å². The maximum atomic E-state index is 11.8. The molecule has 0 saturated heterocycles. The van der Waals surface area contributed by atoms with Crippen molar-refractivity contribution < 1.29 is 36.8 Å². The van der Waals surface area contributed by atoms with E-state index in [9.17, 15) is 22.6 Å². The highest BCUT2D eigenvalue weighted by atomic mass is 32.2. The molecule has 0 saturated carbocycles. The van der Waals surface area contributed by atoms with Gasteiger partial charge >= 0.3 is 11.9 Å². The van der Waals surface area contributed by atoms with Crippen molar-refractivity contribution in [2.24, 2.45) is 11.8 Å². The van der Waals surface area contributed by atoms with Gasteiger partial charge in [0.15, 0.2) is 0 Å². The van der Waals surface area contributed by atoms with Gasteiger partial charge in [0.25, 0.3) is 0 Å². The van der Waals surface area contributed by atoms with Crippen molar-refractivity contribution in [1.29, 1.82) is 0 Å². The van der Waals surface area contributed by atoms with Crippen molar-refractivity contribution in [1.82, 2.24) is 0 Å². The van der Waals surface area contributed by atoms with Crippen molar-refractivity contribution in [3.05, 3.63) is 0 Å². The zero-order valence-electron chi connectivity index (χ0n) is 13.1. The summed E-state index contributed by atoms with van der Waals surface area (Å²) in [5, 5.41) is 0. The molecule has 22 heavy (non-hydrogen) atoms. The Morgan fingerprint density at radius 3 is 2.18 bits per heavy atom. The standard InChI is InChI=1S/C13H24O8S/c1-4-11(13(15)20-6-5-19-3)9-10(2)12(14)21-7-8-22(16,17)18/h10-11H,4-9H2,1-3H3,(H,16,17,18)/p-1. The summed E-state index contributed by atoms with van der Waals surface area (Å²) >= 11 is 0. The minimum Gasteiger partial charge on any atom is -0.748 e. The number of ether oxygens (including phenoxy) is 3. The molecule has 8 nitrogen and oxygen atoms in total.